The molecule has 0 fully saturated rings. The van der Waals surface area contributed by atoms with Crippen LogP contribution in [-0.2, 0) is 9.59 Å². The van der Waals surface area contributed by atoms with Crippen molar-refractivity contribution in [1.29, 1.82) is 0 Å². The van der Waals surface area contributed by atoms with Gasteiger partial charge in [-0.05, 0) is 12.1 Å². The van der Waals surface area contributed by atoms with Crippen molar-refractivity contribution in [3.05, 3.63) is 28.2 Å². The molecule has 1 rings (SSSR count). The number of nitrogens with one attached hydrogen (secondary N) is 1. The molecule has 0 saturated heterocycles. The van der Waals surface area contributed by atoms with Crippen LogP contribution < -0.4 is 10.1 Å². The van der Waals surface area contributed by atoms with Gasteiger partial charge >= 0.3 is 5.97 Å². The quantitative estimate of drug-likeness (QED) is 0.810. The lowest BCUT2D eigenvalue weighted by Crippen LogP contribution is -2.32. The summed E-state index contributed by atoms with van der Waals surface area (Å²) in [5.41, 5.74) is 0. The first-order valence-electron chi connectivity index (χ1n) is 5.97. The van der Waals surface area contributed by atoms with Crippen molar-refractivity contribution in [2.45, 2.75) is 13.3 Å². The van der Waals surface area contributed by atoms with Crippen molar-refractivity contribution in [3.63, 3.8) is 0 Å². The summed E-state index contributed by atoms with van der Waals surface area (Å²) in [6, 6.07) is 4.82. The predicted octanol–water partition coefficient (Wildman–Crippen LogP) is 2.60. The van der Waals surface area contributed by atoms with E-state index < -0.39 is 11.9 Å². The van der Waals surface area contributed by atoms with Crippen molar-refractivity contribution < 1.29 is 19.4 Å². The fraction of sp³-hybridized carbons (Fsp3) is 0.385. The molecule has 7 heteroatoms. The zero-order valence-electron chi connectivity index (χ0n) is 10.9. The summed E-state index contributed by atoms with van der Waals surface area (Å²) in [5, 5.41) is 12.0. The SMILES string of the molecule is CC(CNC(=O)CCOc1ccc(Cl)c(Cl)c1)C(=O)O. The molecule has 5 nitrogen and oxygen atoms in total. The van der Waals surface area contributed by atoms with E-state index in [1.54, 1.807) is 18.2 Å². The first kappa shape index (κ1) is 16.6. The van der Waals surface area contributed by atoms with Crippen molar-refractivity contribution in [2.75, 3.05) is 13.2 Å². The van der Waals surface area contributed by atoms with Gasteiger partial charge < -0.3 is 15.2 Å². The third kappa shape index (κ3) is 5.67. The summed E-state index contributed by atoms with van der Waals surface area (Å²) in [4.78, 5) is 22.0. The van der Waals surface area contributed by atoms with E-state index >= 15 is 0 Å². The molecule has 0 aliphatic carbocycles. The minimum atomic E-state index is -0.947. The van der Waals surface area contributed by atoms with E-state index in [1.165, 1.54) is 6.92 Å². The van der Waals surface area contributed by atoms with Crippen molar-refractivity contribution in [3.8, 4) is 5.75 Å². The zero-order chi connectivity index (χ0) is 15.1. The fourth-order valence-corrected chi connectivity index (χ4v) is 1.56. The monoisotopic (exact) mass is 319 g/mol. The Balaban J connectivity index is 2.28. The van der Waals surface area contributed by atoms with E-state index in [2.05, 4.69) is 5.32 Å². The van der Waals surface area contributed by atoms with Crippen molar-refractivity contribution in [2.24, 2.45) is 5.92 Å². The predicted molar refractivity (Wildman–Crippen MR) is 76.4 cm³/mol. The Morgan fingerprint density at radius 3 is 2.65 bits per heavy atom. The van der Waals surface area contributed by atoms with E-state index in [0.29, 0.717) is 15.8 Å². The Morgan fingerprint density at radius 2 is 2.05 bits per heavy atom. The van der Waals surface area contributed by atoms with Crippen LogP contribution in [0.5, 0.6) is 5.75 Å². The average Bonchev–Trinajstić information content (AvgIpc) is 2.40. The number of carboxylic acids is 1. The van der Waals surface area contributed by atoms with Gasteiger partial charge in [0.05, 0.1) is 29.0 Å². The molecule has 0 heterocycles. The normalized spacial score (nSPS) is 11.8. The molecule has 20 heavy (non-hydrogen) atoms. The molecule has 0 bridgehead atoms. The lowest BCUT2D eigenvalue weighted by Gasteiger charge is -2.09. The van der Waals surface area contributed by atoms with Gasteiger partial charge in [-0.25, -0.2) is 0 Å². The van der Waals surface area contributed by atoms with Gasteiger partial charge in [0.15, 0.2) is 0 Å². The van der Waals surface area contributed by atoms with Gasteiger partial charge in [0.2, 0.25) is 5.91 Å². The molecule has 0 aromatic heterocycles. The number of rotatable bonds is 7. The lowest BCUT2D eigenvalue weighted by molar-refractivity contribution is -0.141. The van der Waals surface area contributed by atoms with Crippen LogP contribution in [0.3, 0.4) is 0 Å². The molecular weight excluding hydrogens is 305 g/mol. The van der Waals surface area contributed by atoms with Gasteiger partial charge in [0.25, 0.3) is 0 Å². The van der Waals surface area contributed by atoms with E-state index in [4.69, 9.17) is 33.0 Å². The molecule has 0 radical (unpaired) electrons. The standard InChI is InChI=1S/C13H15Cl2NO4/c1-8(13(18)19)7-16-12(17)4-5-20-9-2-3-10(14)11(15)6-9/h2-3,6,8H,4-5,7H2,1H3,(H,16,17)(H,18,19). The maximum atomic E-state index is 11.5. The number of hydrogen-bond acceptors (Lipinski definition) is 3. The number of hydrogen-bond donors (Lipinski definition) is 2. The number of carboxylic acid groups (broad SMARTS) is 1. The highest BCUT2D eigenvalue weighted by Crippen LogP contribution is 2.26. The minimum Gasteiger partial charge on any atom is -0.493 e. The smallest absolute Gasteiger partial charge is 0.308 e. The molecule has 0 aliphatic heterocycles. The second kappa shape index (κ2) is 7.97. The van der Waals surface area contributed by atoms with Gasteiger partial charge in [-0.2, -0.15) is 0 Å². The van der Waals surface area contributed by atoms with Crippen molar-refractivity contribution >= 4 is 35.1 Å². The Morgan fingerprint density at radius 1 is 1.35 bits per heavy atom. The molecule has 1 amide bonds. The third-order valence-electron chi connectivity index (χ3n) is 2.52. The number of carbonyl (C=O) groups excluding carboxylic acids is 1. The highest BCUT2D eigenvalue weighted by molar-refractivity contribution is 6.42. The molecule has 0 spiro atoms. The molecular formula is C13H15Cl2NO4. The molecule has 0 saturated carbocycles. The Labute approximate surface area is 126 Å². The van der Waals surface area contributed by atoms with Gasteiger partial charge in [-0.1, -0.05) is 30.1 Å². The highest BCUT2D eigenvalue weighted by Gasteiger charge is 2.12. The van der Waals surface area contributed by atoms with Crippen LogP contribution in [0.1, 0.15) is 13.3 Å². The van der Waals surface area contributed by atoms with E-state index in [1.807, 2.05) is 0 Å². The maximum Gasteiger partial charge on any atom is 0.308 e. The van der Waals surface area contributed by atoms with Gasteiger partial charge in [-0.3, -0.25) is 9.59 Å². The summed E-state index contributed by atoms with van der Waals surface area (Å²) >= 11 is 11.6. The second-order valence-corrected chi connectivity index (χ2v) is 5.03. The first-order valence-corrected chi connectivity index (χ1v) is 6.73. The van der Waals surface area contributed by atoms with Crippen molar-refractivity contribution in [1.82, 2.24) is 5.32 Å². The minimum absolute atomic E-state index is 0.0982. The molecule has 1 atom stereocenters. The summed E-state index contributed by atoms with van der Waals surface area (Å²) < 4.78 is 5.35. The first-order chi connectivity index (χ1) is 9.40. The number of benzene rings is 1. The van der Waals surface area contributed by atoms with Gasteiger partial charge in [0, 0.05) is 12.6 Å². The summed E-state index contributed by atoms with van der Waals surface area (Å²) in [6.45, 7) is 1.79. The molecule has 1 aromatic carbocycles. The summed E-state index contributed by atoms with van der Waals surface area (Å²) in [5.74, 6) is -1.31. The van der Waals surface area contributed by atoms with Crippen LogP contribution >= 0.6 is 23.2 Å². The molecule has 1 unspecified atom stereocenters. The number of carbonyl (C=O) groups is 2. The molecule has 1 aromatic rings. The number of aliphatic carboxylic acids is 1. The average molecular weight is 320 g/mol. The largest absolute Gasteiger partial charge is 0.493 e. The van der Waals surface area contributed by atoms with Crippen LogP contribution in [-0.4, -0.2) is 30.1 Å². The van der Waals surface area contributed by atoms with Gasteiger partial charge in [-0.15, -0.1) is 0 Å². The summed E-state index contributed by atoms with van der Waals surface area (Å²) in [6.07, 6.45) is 0.132. The van der Waals surface area contributed by atoms with Crippen LogP contribution in [0.2, 0.25) is 10.0 Å². The third-order valence-corrected chi connectivity index (χ3v) is 3.25. The molecule has 2 N–H and O–H groups in total. The topological polar surface area (TPSA) is 75.6 Å². The van der Waals surface area contributed by atoms with Crippen LogP contribution in [0.15, 0.2) is 18.2 Å². The fourth-order valence-electron chi connectivity index (χ4n) is 1.27. The van der Waals surface area contributed by atoms with Gasteiger partial charge in [0.1, 0.15) is 5.75 Å². The van der Waals surface area contributed by atoms with Crippen LogP contribution in [0.25, 0.3) is 0 Å². The number of amides is 1. The van der Waals surface area contributed by atoms with E-state index in [9.17, 15) is 9.59 Å². The summed E-state index contributed by atoms with van der Waals surface area (Å²) in [7, 11) is 0. The molecule has 0 aliphatic rings. The Hall–Kier alpha value is -1.46. The maximum absolute atomic E-state index is 11.5. The van der Waals surface area contributed by atoms with Crippen LogP contribution in [0.4, 0.5) is 0 Å². The Bertz CT molecular complexity index is 493. The second-order valence-electron chi connectivity index (χ2n) is 4.22. The van der Waals surface area contributed by atoms with Crippen LogP contribution in [0, 0.1) is 5.92 Å². The number of halogens is 2. The zero-order valence-corrected chi connectivity index (χ0v) is 12.4. The highest BCUT2D eigenvalue weighted by atomic mass is 35.5. The molecule has 110 valence electrons. The Kier molecular flexibility index (Phi) is 6.61. The number of ether oxygens (including phenoxy) is 1. The lowest BCUT2D eigenvalue weighted by atomic mass is 10.2. The van der Waals surface area contributed by atoms with E-state index in [-0.39, 0.29) is 25.5 Å². The van der Waals surface area contributed by atoms with E-state index in [0.717, 1.165) is 0 Å².